The highest BCUT2D eigenvalue weighted by atomic mass is 32.2. The molecule has 1 aromatic carbocycles. The van der Waals surface area contributed by atoms with Gasteiger partial charge in [-0.15, -0.1) is 0 Å². The average molecular weight is 302 g/mol. The van der Waals surface area contributed by atoms with E-state index in [2.05, 4.69) is 0 Å². The van der Waals surface area contributed by atoms with Crippen LogP contribution in [0.2, 0.25) is 0 Å². The molecule has 1 aromatic rings. The summed E-state index contributed by atoms with van der Waals surface area (Å²) >= 11 is 0. The van der Waals surface area contributed by atoms with E-state index < -0.39 is 37.2 Å². The lowest BCUT2D eigenvalue weighted by Gasteiger charge is -2.31. The summed E-state index contributed by atoms with van der Waals surface area (Å²) in [6, 6.07) is 4.62. The van der Waals surface area contributed by atoms with Crippen molar-refractivity contribution in [3.8, 4) is 0 Å². The molecule has 9 heteroatoms. The Bertz CT molecular complexity index is 647. The fourth-order valence-electron chi connectivity index (χ4n) is 1.67. The maximum absolute atomic E-state index is 12.4. The zero-order valence-corrected chi connectivity index (χ0v) is 11.9. The topological polar surface area (TPSA) is 118 Å². The zero-order valence-electron chi connectivity index (χ0n) is 11.1. The van der Waals surface area contributed by atoms with Crippen molar-refractivity contribution in [1.29, 1.82) is 0 Å². The molecule has 0 aromatic heterocycles. The van der Waals surface area contributed by atoms with Crippen LogP contribution >= 0.6 is 0 Å². The van der Waals surface area contributed by atoms with E-state index in [0.29, 0.717) is 0 Å². The molecule has 8 nitrogen and oxygen atoms in total. The van der Waals surface area contributed by atoms with Crippen LogP contribution in [0.1, 0.15) is 20.8 Å². The van der Waals surface area contributed by atoms with Gasteiger partial charge in [0.2, 0.25) is 0 Å². The Labute approximate surface area is 115 Å². The summed E-state index contributed by atoms with van der Waals surface area (Å²) in [5, 5.41) is 20.0. The monoisotopic (exact) mass is 302 g/mol. The molecule has 0 bridgehead atoms. The lowest BCUT2D eigenvalue weighted by Crippen LogP contribution is -2.48. The van der Waals surface area contributed by atoms with Gasteiger partial charge in [0.15, 0.2) is 4.90 Å². The first-order valence-electron chi connectivity index (χ1n) is 5.51. The molecule has 0 atom stereocenters. The van der Waals surface area contributed by atoms with Crippen LogP contribution in [0.5, 0.6) is 0 Å². The number of rotatable bonds is 3. The summed E-state index contributed by atoms with van der Waals surface area (Å²) in [6.45, 7) is 4.15. The largest absolute Gasteiger partial charge is 0.464 e. The maximum atomic E-state index is 12.4. The summed E-state index contributed by atoms with van der Waals surface area (Å²) in [5.41, 5.74) is -1.93. The molecule has 110 valence electrons. The van der Waals surface area contributed by atoms with Crippen molar-refractivity contribution in [2.75, 3.05) is 0 Å². The van der Waals surface area contributed by atoms with Gasteiger partial charge in [0.1, 0.15) is 0 Å². The van der Waals surface area contributed by atoms with Crippen molar-refractivity contribution in [3.63, 3.8) is 0 Å². The maximum Gasteiger partial charge on any atom is 0.421 e. The third-order valence-electron chi connectivity index (χ3n) is 2.36. The molecular formula is C11H14N2O6S. The van der Waals surface area contributed by atoms with Crippen LogP contribution in [-0.2, 0) is 10.0 Å². The van der Waals surface area contributed by atoms with Crippen molar-refractivity contribution < 1.29 is 23.2 Å². The van der Waals surface area contributed by atoms with Gasteiger partial charge < -0.3 is 5.11 Å². The Morgan fingerprint density at radius 3 is 2.20 bits per heavy atom. The minimum absolute atomic E-state index is 0.211. The Balaban J connectivity index is 3.59. The minimum Gasteiger partial charge on any atom is -0.464 e. The van der Waals surface area contributed by atoms with Crippen LogP contribution in [0.15, 0.2) is 29.2 Å². The Morgan fingerprint density at radius 1 is 1.30 bits per heavy atom. The number of para-hydroxylation sites is 1. The van der Waals surface area contributed by atoms with Crippen LogP contribution < -0.4 is 0 Å². The second-order valence-corrected chi connectivity index (χ2v) is 6.70. The molecule has 0 aliphatic heterocycles. The first-order valence-corrected chi connectivity index (χ1v) is 6.95. The second-order valence-electron chi connectivity index (χ2n) is 4.95. The van der Waals surface area contributed by atoms with Crippen molar-refractivity contribution in [3.05, 3.63) is 34.4 Å². The van der Waals surface area contributed by atoms with Crippen molar-refractivity contribution in [2.24, 2.45) is 0 Å². The molecule has 0 heterocycles. The number of nitro groups is 1. The first-order chi connectivity index (χ1) is 8.99. The Kier molecular flexibility index (Phi) is 4.04. The van der Waals surface area contributed by atoms with E-state index in [0.717, 1.165) is 12.1 Å². The number of sulfonamides is 1. The molecule has 1 N–H and O–H groups in total. The van der Waals surface area contributed by atoms with E-state index in [1.54, 1.807) is 0 Å². The highest BCUT2D eigenvalue weighted by Crippen LogP contribution is 2.30. The highest BCUT2D eigenvalue weighted by molar-refractivity contribution is 7.89. The van der Waals surface area contributed by atoms with Gasteiger partial charge in [0, 0.05) is 6.07 Å². The molecule has 1 rings (SSSR count). The summed E-state index contributed by atoms with van der Waals surface area (Å²) in [7, 11) is -4.54. The third-order valence-corrected chi connectivity index (χ3v) is 4.45. The Morgan fingerprint density at radius 2 is 1.80 bits per heavy atom. The number of hydrogen-bond donors (Lipinski definition) is 1. The van der Waals surface area contributed by atoms with Gasteiger partial charge in [-0.1, -0.05) is 12.1 Å². The lowest BCUT2D eigenvalue weighted by atomic mass is 10.1. The van der Waals surface area contributed by atoms with Crippen LogP contribution in [0.25, 0.3) is 0 Å². The van der Waals surface area contributed by atoms with Crippen LogP contribution in [0.3, 0.4) is 0 Å². The number of nitrogens with zero attached hydrogens (tertiary/aromatic N) is 2. The molecule has 1 amide bonds. The van der Waals surface area contributed by atoms with Gasteiger partial charge in [0.25, 0.3) is 15.7 Å². The fraction of sp³-hybridized carbons (Fsp3) is 0.364. The van der Waals surface area contributed by atoms with Gasteiger partial charge in [-0.25, -0.2) is 13.2 Å². The van der Waals surface area contributed by atoms with E-state index in [4.69, 9.17) is 5.11 Å². The second kappa shape index (κ2) is 5.08. The number of amides is 1. The van der Waals surface area contributed by atoms with Crippen LogP contribution in [-0.4, -0.2) is 34.4 Å². The van der Waals surface area contributed by atoms with E-state index in [9.17, 15) is 23.3 Å². The van der Waals surface area contributed by atoms with Crippen molar-refractivity contribution in [2.45, 2.75) is 31.2 Å². The summed E-state index contributed by atoms with van der Waals surface area (Å²) < 4.78 is 25.0. The molecule has 20 heavy (non-hydrogen) atoms. The first kappa shape index (κ1) is 15.9. The minimum atomic E-state index is -4.54. The van der Waals surface area contributed by atoms with E-state index >= 15 is 0 Å². The molecular weight excluding hydrogens is 288 g/mol. The van der Waals surface area contributed by atoms with Gasteiger partial charge in [-0.2, -0.15) is 4.31 Å². The van der Waals surface area contributed by atoms with Gasteiger partial charge in [-0.05, 0) is 26.8 Å². The zero-order chi connectivity index (χ0) is 15.7. The molecule has 0 saturated heterocycles. The number of benzene rings is 1. The normalized spacial score (nSPS) is 11.9. The summed E-state index contributed by atoms with van der Waals surface area (Å²) in [4.78, 5) is 20.6. The molecule has 0 spiro atoms. The predicted molar refractivity (Wildman–Crippen MR) is 69.9 cm³/mol. The number of hydrogen-bond acceptors (Lipinski definition) is 5. The fourth-order valence-corrected chi connectivity index (χ4v) is 3.46. The predicted octanol–water partition coefficient (Wildman–Crippen LogP) is 2.06. The molecule has 0 radical (unpaired) electrons. The third kappa shape index (κ3) is 2.87. The molecule has 0 aliphatic carbocycles. The van der Waals surface area contributed by atoms with E-state index in [-0.39, 0.29) is 4.31 Å². The van der Waals surface area contributed by atoms with Gasteiger partial charge in [0.05, 0.1) is 10.5 Å². The van der Waals surface area contributed by atoms with Gasteiger partial charge >= 0.3 is 6.09 Å². The summed E-state index contributed by atoms with van der Waals surface area (Å²) in [6.07, 6.45) is -1.70. The SMILES string of the molecule is CC(C)(C)N(C(=O)O)S(=O)(=O)c1ccccc1[N+](=O)[O-]. The quantitative estimate of drug-likeness (QED) is 0.674. The number of carbonyl (C=O) groups is 1. The van der Waals surface area contributed by atoms with Crippen molar-refractivity contribution >= 4 is 21.8 Å². The highest BCUT2D eigenvalue weighted by Gasteiger charge is 2.41. The van der Waals surface area contributed by atoms with Crippen molar-refractivity contribution in [1.82, 2.24) is 4.31 Å². The lowest BCUT2D eigenvalue weighted by molar-refractivity contribution is -0.387. The van der Waals surface area contributed by atoms with E-state index in [1.165, 1.54) is 32.9 Å². The molecule has 0 fully saturated rings. The molecule has 0 saturated carbocycles. The van der Waals surface area contributed by atoms with Crippen LogP contribution in [0.4, 0.5) is 10.5 Å². The number of carboxylic acid groups (broad SMARTS) is 1. The van der Waals surface area contributed by atoms with Crippen LogP contribution in [0, 0.1) is 10.1 Å². The molecule has 0 aliphatic rings. The summed E-state index contributed by atoms with van der Waals surface area (Å²) in [5.74, 6) is 0. The number of nitro benzene ring substituents is 1. The van der Waals surface area contributed by atoms with Gasteiger partial charge in [-0.3, -0.25) is 10.1 Å². The standard InChI is InChI=1S/C11H14N2O6S/c1-11(2,3)12(10(14)15)20(18,19)9-7-5-4-6-8(9)13(16)17/h4-7H,1-3H3,(H,14,15). The average Bonchev–Trinajstić information content (AvgIpc) is 2.25. The van der Waals surface area contributed by atoms with E-state index in [1.807, 2.05) is 0 Å². The smallest absolute Gasteiger partial charge is 0.421 e. The Hall–Kier alpha value is -2.16. The molecule has 0 unspecified atom stereocenters.